The minimum Gasteiger partial charge on any atom is -0.460 e. The van der Waals surface area contributed by atoms with Gasteiger partial charge >= 0.3 is 17.8 Å². The number of alkyl carbamates (subject to hydrolysis) is 1. The molecule has 4 N–H and O–H groups in total. The molecule has 5 aliphatic rings. The zero-order chi connectivity index (χ0) is 94.1. The lowest BCUT2D eigenvalue weighted by Gasteiger charge is -2.43. The number of anilines is 1. The summed E-state index contributed by atoms with van der Waals surface area (Å²) in [6.45, 7) is 25.5. The van der Waals surface area contributed by atoms with Crippen LogP contribution in [0, 0.1) is 49.4 Å². The maximum absolute atomic E-state index is 14.8. The van der Waals surface area contributed by atoms with E-state index in [1.54, 1.807) is 63.4 Å². The number of allylic oxidation sites excluding steroid dienone is 5. The van der Waals surface area contributed by atoms with Gasteiger partial charge in [-0.3, -0.25) is 38.3 Å². The number of fused-ring (bicyclic) bond motifs is 6. The SMILES string of the molecule is CO[C@H]1C[C@@H]2CC[C@@H](C)[C@@](O)(O2)C(=O)C(=O)N2CCCC[C@H]2C(=O)O[C@H]([C@H](C)C[C@@H]2CC[C@@H](OC(=O)NCCOCCOCCOCCOCCOCCOCCOCCOCCC(=O)N3CCN(c4ccc(-n5c(=O)n(C)c6cnc7ccc(-c8ccc(C)nc8)cc7c65)cc4C)CC3)[C@H](OC)C2)C[C@@H](O)[C@H](C)/C=C(\C)[C@@H](O)[C@@H](OC)C(=O)[C@H](C)C[C@H](C)/C=C/C=C/C=C/1C. The number of benzene rings is 2. The number of cyclic esters (lactones) is 1. The molecule has 16 atom stereocenters. The van der Waals surface area contributed by atoms with Gasteiger partial charge in [-0.2, -0.15) is 0 Å². The molecule has 3 aromatic heterocycles. The minimum absolute atomic E-state index is 0.00469. The molecule has 724 valence electrons. The van der Waals surface area contributed by atoms with Gasteiger partial charge in [-0.1, -0.05) is 83.2 Å². The van der Waals surface area contributed by atoms with Gasteiger partial charge < -0.3 is 102 Å². The highest BCUT2D eigenvalue weighted by atomic mass is 16.6. The summed E-state index contributed by atoms with van der Waals surface area (Å²) in [4.78, 5) is 113. The summed E-state index contributed by atoms with van der Waals surface area (Å²) >= 11 is 0. The van der Waals surface area contributed by atoms with Crippen LogP contribution in [-0.2, 0) is 97.3 Å². The Morgan fingerprint density at radius 2 is 1.29 bits per heavy atom. The number of pyridine rings is 2. The van der Waals surface area contributed by atoms with Gasteiger partial charge in [-0.15, -0.1) is 0 Å². The molecule has 1 aliphatic carbocycles. The molecule has 0 spiro atoms. The van der Waals surface area contributed by atoms with Gasteiger partial charge in [0.05, 0.1) is 165 Å². The number of aliphatic hydroxyl groups is 3. The predicted octanol–water partition coefficient (Wildman–Crippen LogP) is 10.4. The maximum Gasteiger partial charge on any atom is 0.407 e. The van der Waals surface area contributed by atoms with E-state index in [0.717, 1.165) is 61.3 Å². The molecule has 0 radical (unpaired) electrons. The van der Waals surface area contributed by atoms with Crippen molar-refractivity contribution in [3.05, 3.63) is 130 Å². The number of amides is 3. The van der Waals surface area contributed by atoms with Crippen LogP contribution >= 0.6 is 0 Å². The standard InChI is InChI=1S/C99H144N8O24/c1-65-19-15-14-16-20-66(2)86(118-11)61-78-28-22-72(8)99(117,131-78)94(112)95(113)106-34-18-17-21-82(106)96(114)129-87(62-84(108)68(4)56-71(7)92(111)93(120-13)91(110)70(6)55-65)69(5)57-74-24-31-85(88(59-74)119-12)130-97(115)100-33-40-122-42-44-124-46-48-126-50-52-128-54-53-127-51-49-125-47-45-123-43-41-121-39-32-89(109)105-37-35-104(36-38-105)81-30-27-77(58-67(81)3)107-90-79-60-75(76-25-23-73(9)101-63-76)26-29-80(79)102-64-83(90)103(10)98(107)116/h14-16,19-20,23,25-27,29-30,56,58,60,63-65,68-70,72,74,78,82,84-88,92-93,108,111,117H,17-18,21-22,24,28,31-55,57,59,61-62H2,1-13H3,(H,100,115)/b16-14+,19-15+,66-20+,71-56+/t65-,68-,69-,70-,72-,74+,78+,82+,84-,85-,86+,87+,88-,92-,93+,99-/m1/s1. The minimum atomic E-state index is -2.47. The topological polar surface area (TPSA) is 367 Å². The number of nitrogens with one attached hydrogen (secondary N) is 1. The number of aliphatic hydroxyl groups excluding tert-OH is 2. The van der Waals surface area contributed by atoms with Crippen molar-refractivity contribution in [2.45, 2.75) is 206 Å². The third-order valence-electron chi connectivity index (χ3n) is 26.0. The van der Waals surface area contributed by atoms with Crippen molar-refractivity contribution in [1.29, 1.82) is 0 Å². The summed E-state index contributed by atoms with van der Waals surface area (Å²) in [7, 11) is 6.30. The van der Waals surface area contributed by atoms with Crippen LogP contribution in [0.5, 0.6) is 0 Å². The van der Waals surface area contributed by atoms with Crippen LogP contribution in [0.4, 0.5) is 10.5 Å². The summed E-state index contributed by atoms with van der Waals surface area (Å²) < 4.78 is 84.7. The Morgan fingerprint density at radius 1 is 0.641 bits per heavy atom. The zero-order valence-electron chi connectivity index (χ0n) is 79.2. The van der Waals surface area contributed by atoms with E-state index in [1.807, 2.05) is 100 Å². The van der Waals surface area contributed by atoms with Gasteiger partial charge in [0.15, 0.2) is 5.78 Å². The monoisotopic (exact) mass is 1830 g/mol. The lowest BCUT2D eigenvalue weighted by Crippen LogP contribution is -2.61. The highest BCUT2D eigenvalue weighted by Crippen LogP contribution is 2.40. The predicted molar refractivity (Wildman–Crippen MR) is 495 cm³/mol. The van der Waals surface area contributed by atoms with Crippen LogP contribution in [0.1, 0.15) is 143 Å². The number of carbonyl (C=O) groups excluding carboxylic acids is 6. The van der Waals surface area contributed by atoms with Gasteiger partial charge in [-0.05, 0) is 168 Å². The van der Waals surface area contributed by atoms with E-state index in [0.29, 0.717) is 195 Å². The molecule has 4 aliphatic heterocycles. The number of piperazine rings is 1. The number of imidazole rings is 1. The maximum atomic E-state index is 14.8. The number of nitrogens with zero attached hydrogens (tertiary/aromatic N) is 7. The van der Waals surface area contributed by atoms with Crippen LogP contribution < -0.4 is 15.9 Å². The van der Waals surface area contributed by atoms with Crippen molar-refractivity contribution in [3.8, 4) is 16.8 Å². The molecule has 131 heavy (non-hydrogen) atoms. The molecule has 4 fully saturated rings. The Bertz CT molecular complexity index is 4660. The third-order valence-corrected chi connectivity index (χ3v) is 26.0. The molecule has 5 aromatic rings. The van der Waals surface area contributed by atoms with Crippen LogP contribution in [0.25, 0.3) is 38.8 Å². The number of hydrogen-bond acceptors (Lipinski definition) is 27. The second kappa shape index (κ2) is 52.9. The normalized spacial score (nSPS) is 27.3. The number of ketones is 2. The van der Waals surface area contributed by atoms with Crippen LogP contribution in [0.2, 0.25) is 0 Å². The number of hydrogen-bond donors (Lipinski definition) is 4. The second-order valence-electron chi connectivity index (χ2n) is 35.7. The van der Waals surface area contributed by atoms with Gasteiger partial charge in [0, 0.05) is 127 Å². The highest BCUT2D eigenvalue weighted by molar-refractivity contribution is 6.39. The molecule has 3 saturated heterocycles. The first-order chi connectivity index (χ1) is 63.1. The molecular weight excluding hydrogens is 1690 g/mol. The fourth-order valence-corrected chi connectivity index (χ4v) is 18.1. The average molecular weight is 1830 g/mol. The molecule has 2 aromatic carbocycles. The Balaban J connectivity index is 0.549. The Kier molecular flexibility index (Phi) is 42.2. The van der Waals surface area contributed by atoms with E-state index in [2.05, 4.69) is 46.4 Å². The van der Waals surface area contributed by atoms with Crippen molar-refractivity contribution in [1.82, 2.24) is 34.2 Å². The van der Waals surface area contributed by atoms with Crippen LogP contribution in [-0.4, -0.2) is 307 Å². The van der Waals surface area contributed by atoms with E-state index in [-0.39, 0.29) is 74.1 Å². The number of esters is 1. The van der Waals surface area contributed by atoms with E-state index >= 15 is 0 Å². The van der Waals surface area contributed by atoms with E-state index < -0.39 is 102 Å². The quantitative estimate of drug-likeness (QED) is 0.0124. The Morgan fingerprint density at radius 3 is 1.92 bits per heavy atom. The van der Waals surface area contributed by atoms with E-state index in [1.165, 1.54) is 12.0 Å². The molecule has 32 nitrogen and oxygen atoms in total. The average Bonchev–Trinajstić information content (AvgIpc) is 1.59. The molecule has 1 saturated carbocycles. The fourth-order valence-electron chi connectivity index (χ4n) is 18.1. The first kappa shape index (κ1) is 105. The second-order valence-corrected chi connectivity index (χ2v) is 35.7. The van der Waals surface area contributed by atoms with Gasteiger partial charge in [-0.25, -0.2) is 14.4 Å². The lowest BCUT2D eigenvalue weighted by atomic mass is 9.78. The van der Waals surface area contributed by atoms with Crippen molar-refractivity contribution in [2.24, 2.45) is 42.6 Å². The molecule has 0 unspecified atom stereocenters. The van der Waals surface area contributed by atoms with Crippen molar-refractivity contribution >= 4 is 63.1 Å². The zero-order valence-corrected chi connectivity index (χ0v) is 79.2. The summed E-state index contributed by atoms with van der Waals surface area (Å²) in [5, 5.41) is 39.6. The number of aromatic nitrogens is 4. The number of piperidine rings is 1. The first-order valence-electron chi connectivity index (χ1n) is 46.9. The summed E-state index contributed by atoms with van der Waals surface area (Å²) in [5.41, 5.74) is 9.24. The van der Waals surface area contributed by atoms with Gasteiger partial charge in [0.1, 0.15) is 30.5 Å². The number of methoxy groups -OCH3 is 3. The highest BCUT2D eigenvalue weighted by Gasteiger charge is 2.53. The van der Waals surface area contributed by atoms with E-state index in [4.69, 9.17) is 71.3 Å². The number of Topliss-reactive ketones (excluding diaryl/α,β-unsaturated/α-hetero) is 2. The van der Waals surface area contributed by atoms with Crippen molar-refractivity contribution < 1.29 is 110 Å². The van der Waals surface area contributed by atoms with Crippen LogP contribution in [0.15, 0.2) is 113 Å². The number of rotatable bonds is 37. The molecule has 7 heterocycles. The van der Waals surface area contributed by atoms with Crippen LogP contribution in [0.3, 0.4) is 0 Å². The molecule has 10 rings (SSSR count). The first-order valence-corrected chi connectivity index (χ1v) is 46.9. The molecule has 32 heteroatoms. The lowest BCUT2D eigenvalue weighted by molar-refractivity contribution is -0.265. The fraction of sp³-hybridized carbons (Fsp3) is 0.646. The Hall–Kier alpha value is -8.55. The third kappa shape index (κ3) is 30.0. The smallest absolute Gasteiger partial charge is 0.407 e. The largest absolute Gasteiger partial charge is 0.460 e. The number of aryl methyl sites for hydroxylation is 3. The summed E-state index contributed by atoms with van der Waals surface area (Å²) in [5.74, 6) is -7.86. The van der Waals surface area contributed by atoms with Crippen molar-refractivity contribution in [3.63, 3.8) is 0 Å². The number of ether oxygens (including phenoxy) is 14. The van der Waals surface area contributed by atoms with Crippen molar-refractivity contribution in [2.75, 3.05) is 171 Å². The van der Waals surface area contributed by atoms with E-state index in [9.17, 15) is 48.9 Å². The van der Waals surface area contributed by atoms with Gasteiger partial charge in [0.25, 0.3) is 11.7 Å². The Labute approximate surface area is 771 Å². The molecule has 3 amide bonds. The summed E-state index contributed by atoms with van der Waals surface area (Å²) in [6.07, 6.45) is 12.9. The number of carbonyl (C=O) groups is 6. The molecular formula is C99H144N8O24. The van der Waals surface area contributed by atoms with Gasteiger partial charge in [0.2, 0.25) is 11.7 Å². The summed E-state index contributed by atoms with van der Waals surface area (Å²) in [6, 6.07) is 15.1. The molecule has 2 bridgehead atoms.